The van der Waals surface area contributed by atoms with E-state index < -0.39 is 0 Å². The Morgan fingerprint density at radius 1 is 1.41 bits per heavy atom. The van der Waals surface area contributed by atoms with Crippen LogP contribution in [0.25, 0.3) is 10.6 Å². The summed E-state index contributed by atoms with van der Waals surface area (Å²) in [6, 6.07) is 7.49. The Hall–Kier alpha value is -1.55. The lowest BCUT2D eigenvalue weighted by Crippen LogP contribution is -2.23. The number of thiophene rings is 1. The third-order valence-electron chi connectivity index (χ3n) is 2.41. The molecule has 0 aromatic carbocycles. The maximum absolute atomic E-state index is 11.8. The van der Waals surface area contributed by atoms with Gasteiger partial charge in [-0.1, -0.05) is 13.3 Å². The molecule has 0 saturated heterocycles. The fourth-order valence-corrected chi connectivity index (χ4v) is 2.37. The lowest BCUT2D eigenvalue weighted by atomic mass is 10.3. The molecule has 0 spiro atoms. The van der Waals surface area contributed by atoms with Gasteiger partial charge in [-0.15, -0.1) is 11.3 Å². The summed E-state index contributed by atoms with van der Waals surface area (Å²) in [4.78, 5) is 13.5. The van der Waals surface area contributed by atoms with E-state index in [4.69, 9.17) is 4.42 Å². The molecule has 1 amide bonds. The van der Waals surface area contributed by atoms with Crippen LogP contribution < -0.4 is 5.32 Å². The molecule has 2 heterocycles. The van der Waals surface area contributed by atoms with E-state index in [-0.39, 0.29) is 5.91 Å². The Morgan fingerprint density at radius 3 is 3.00 bits per heavy atom. The molecule has 4 heteroatoms. The lowest BCUT2D eigenvalue weighted by Gasteiger charge is -2.00. The summed E-state index contributed by atoms with van der Waals surface area (Å²) in [7, 11) is 0. The van der Waals surface area contributed by atoms with Crippen molar-refractivity contribution >= 4 is 17.2 Å². The molecule has 0 fully saturated rings. The molecule has 0 unspecified atom stereocenters. The molecule has 0 atom stereocenters. The summed E-state index contributed by atoms with van der Waals surface area (Å²) in [5, 5.41) is 2.90. The zero-order valence-corrected chi connectivity index (χ0v) is 10.5. The second-order valence-corrected chi connectivity index (χ2v) is 4.83. The molecule has 0 saturated carbocycles. The normalized spacial score (nSPS) is 10.4. The molecule has 0 aliphatic carbocycles. The van der Waals surface area contributed by atoms with Crippen molar-refractivity contribution in [2.75, 3.05) is 6.54 Å². The Bertz CT molecular complexity index is 473. The first-order chi connectivity index (χ1) is 8.31. The van der Waals surface area contributed by atoms with Crippen LogP contribution in [0.15, 0.2) is 34.9 Å². The van der Waals surface area contributed by atoms with Crippen LogP contribution in [0.1, 0.15) is 29.4 Å². The number of rotatable bonds is 5. The molecule has 3 nitrogen and oxygen atoms in total. The summed E-state index contributed by atoms with van der Waals surface area (Å²) in [5.74, 6) is 0.809. The quantitative estimate of drug-likeness (QED) is 0.823. The number of carbonyl (C=O) groups excluding carboxylic acids is 1. The van der Waals surface area contributed by atoms with E-state index in [1.807, 2.05) is 24.3 Å². The summed E-state index contributed by atoms with van der Waals surface area (Å²) in [6.45, 7) is 2.84. The number of nitrogens with one attached hydrogen (secondary N) is 1. The van der Waals surface area contributed by atoms with Gasteiger partial charge in [0.25, 0.3) is 5.91 Å². The van der Waals surface area contributed by atoms with Crippen LogP contribution in [0.5, 0.6) is 0 Å². The van der Waals surface area contributed by atoms with Gasteiger partial charge in [0, 0.05) is 6.54 Å². The van der Waals surface area contributed by atoms with E-state index in [1.54, 1.807) is 6.26 Å². The van der Waals surface area contributed by atoms with Gasteiger partial charge in [0.2, 0.25) is 0 Å². The predicted octanol–water partition coefficient (Wildman–Crippen LogP) is 3.54. The SMILES string of the molecule is CCCCNC(=O)c1ccc(-c2ccco2)s1. The Kier molecular flexibility index (Phi) is 3.98. The molecule has 90 valence electrons. The lowest BCUT2D eigenvalue weighted by molar-refractivity contribution is 0.0957. The van der Waals surface area contributed by atoms with Gasteiger partial charge < -0.3 is 9.73 Å². The predicted molar refractivity (Wildman–Crippen MR) is 69.3 cm³/mol. The summed E-state index contributed by atoms with van der Waals surface area (Å²) in [5.41, 5.74) is 0. The van der Waals surface area contributed by atoms with Gasteiger partial charge in [-0.05, 0) is 30.7 Å². The average Bonchev–Trinajstić information content (AvgIpc) is 3.00. The van der Waals surface area contributed by atoms with Crippen molar-refractivity contribution in [3.05, 3.63) is 35.4 Å². The maximum atomic E-state index is 11.8. The van der Waals surface area contributed by atoms with Gasteiger partial charge in [-0.25, -0.2) is 0 Å². The highest BCUT2D eigenvalue weighted by molar-refractivity contribution is 7.17. The number of unbranched alkanes of at least 4 members (excludes halogenated alkanes) is 1. The van der Waals surface area contributed by atoms with E-state index in [9.17, 15) is 4.79 Å². The van der Waals surface area contributed by atoms with Gasteiger partial charge >= 0.3 is 0 Å². The van der Waals surface area contributed by atoms with Gasteiger partial charge in [-0.2, -0.15) is 0 Å². The minimum absolute atomic E-state index is 0.00116. The number of carbonyl (C=O) groups is 1. The zero-order chi connectivity index (χ0) is 12.1. The van der Waals surface area contributed by atoms with Crippen LogP contribution in [0.4, 0.5) is 0 Å². The van der Waals surface area contributed by atoms with Crippen LogP contribution in [-0.4, -0.2) is 12.5 Å². The molecule has 2 aromatic rings. The molecular weight excluding hydrogens is 234 g/mol. The van der Waals surface area contributed by atoms with E-state index in [0.717, 1.165) is 34.9 Å². The van der Waals surface area contributed by atoms with Gasteiger partial charge in [0.15, 0.2) is 0 Å². The molecule has 17 heavy (non-hydrogen) atoms. The summed E-state index contributed by atoms with van der Waals surface area (Å²) in [6.07, 6.45) is 3.74. The Morgan fingerprint density at radius 2 is 2.29 bits per heavy atom. The van der Waals surface area contributed by atoms with Crippen molar-refractivity contribution in [3.8, 4) is 10.6 Å². The minimum atomic E-state index is 0.00116. The van der Waals surface area contributed by atoms with Crippen LogP contribution in [-0.2, 0) is 0 Å². The molecule has 2 aromatic heterocycles. The maximum Gasteiger partial charge on any atom is 0.261 e. The second-order valence-electron chi connectivity index (χ2n) is 3.75. The largest absolute Gasteiger partial charge is 0.464 e. The Balaban J connectivity index is 2.01. The smallest absolute Gasteiger partial charge is 0.261 e. The Labute approximate surface area is 104 Å². The van der Waals surface area contributed by atoms with Gasteiger partial charge in [-0.3, -0.25) is 4.79 Å². The minimum Gasteiger partial charge on any atom is -0.464 e. The molecule has 0 radical (unpaired) electrons. The van der Waals surface area contributed by atoms with Gasteiger partial charge in [0.05, 0.1) is 16.0 Å². The molecule has 2 rings (SSSR count). The standard InChI is InChI=1S/C13H15NO2S/c1-2-3-8-14-13(15)12-7-6-11(17-12)10-5-4-9-16-10/h4-7,9H,2-3,8H2,1H3,(H,14,15). The molecular formula is C13H15NO2S. The first-order valence-electron chi connectivity index (χ1n) is 5.73. The van der Waals surface area contributed by atoms with Crippen LogP contribution in [0.3, 0.4) is 0 Å². The first-order valence-corrected chi connectivity index (χ1v) is 6.55. The molecule has 0 bridgehead atoms. The van der Waals surface area contributed by atoms with E-state index in [2.05, 4.69) is 12.2 Å². The van der Waals surface area contributed by atoms with Crippen LogP contribution in [0.2, 0.25) is 0 Å². The van der Waals surface area contributed by atoms with Crippen molar-refractivity contribution in [3.63, 3.8) is 0 Å². The van der Waals surface area contributed by atoms with Crippen molar-refractivity contribution in [2.24, 2.45) is 0 Å². The highest BCUT2D eigenvalue weighted by Crippen LogP contribution is 2.28. The highest BCUT2D eigenvalue weighted by atomic mass is 32.1. The molecule has 1 N–H and O–H groups in total. The van der Waals surface area contributed by atoms with Crippen molar-refractivity contribution in [1.29, 1.82) is 0 Å². The number of amides is 1. The second kappa shape index (κ2) is 5.68. The third-order valence-corrected chi connectivity index (χ3v) is 3.51. The van der Waals surface area contributed by atoms with E-state index >= 15 is 0 Å². The fourth-order valence-electron chi connectivity index (χ4n) is 1.48. The topological polar surface area (TPSA) is 42.2 Å². The zero-order valence-electron chi connectivity index (χ0n) is 9.73. The molecule has 0 aliphatic heterocycles. The van der Waals surface area contributed by atoms with Crippen LogP contribution >= 0.6 is 11.3 Å². The first kappa shape index (κ1) is 11.9. The van der Waals surface area contributed by atoms with Crippen molar-refractivity contribution < 1.29 is 9.21 Å². The average molecular weight is 249 g/mol. The third kappa shape index (κ3) is 2.97. The summed E-state index contributed by atoms with van der Waals surface area (Å²) >= 11 is 1.45. The number of hydrogen-bond donors (Lipinski definition) is 1. The molecule has 0 aliphatic rings. The van der Waals surface area contributed by atoms with E-state index in [1.165, 1.54) is 11.3 Å². The van der Waals surface area contributed by atoms with Crippen molar-refractivity contribution in [2.45, 2.75) is 19.8 Å². The van der Waals surface area contributed by atoms with Gasteiger partial charge in [0.1, 0.15) is 5.76 Å². The highest BCUT2D eigenvalue weighted by Gasteiger charge is 2.10. The fraction of sp³-hybridized carbons (Fsp3) is 0.308. The van der Waals surface area contributed by atoms with Crippen LogP contribution in [0, 0.1) is 0 Å². The number of hydrogen-bond acceptors (Lipinski definition) is 3. The summed E-state index contributed by atoms with van der Waals surface area (Å²) < 4.78 is 5.29. The monoisotopic (exact) mass is 249 g/mol. The van der Waals surface area contributed by atoms with E-state index in [0.29, 0.717) is 0 Å². The van der Waals surface area contributed by atoms with Crippen molar-refractivity contribution in [1.82, 2.24) is 5.32 Å². The number of furan rings is 1.